The van der Waals surface area contributed by atoms with E-state index in [9.17, 15) is 0 Å². The SMILES string of the molecule is CC1(C)c2ccccc2-c2cccc(-c3cccc(N(c4ccc(-c5ccc(-c6ccccc6)cc5)cc4)c4ccc(-c5ccc6c(c5)C(C)(c5ccccc5)c5ccccc5-6)cc4)c3)c21. The molecule has 0 spiro atoms. The average molecular weight is 844 g/mol. The maximum absolute atomic E-state index is 2.43. The second-order valence-electron chi connectivity index (χ2n) is 18.6. The summed E-state index contributed by atoms with van der Waals surface area (Å²) in [5.74, 6) is 0. The Balaban J connectivity index is 0.939. The van der Waals surface area contributed by atoms with Gasteiger partial charge in [0.25, 0.3) is 0 Å². The van der Waals surface area contributed by atoms with E-state index in [2.05, 4.69) is 268 Å². The van der Waals surface area contributed by atoms with Gasteiger partial charge in [0.2, 0.25) is 0 Å². The molecule has 0 fully saturated rings. The summed E-state index contributed by atoms with van der Waals surface area (Å²) in [5, 5.41) is 0. The molecule has 1 nitrogen and oxygen atoms in total. The minimum Gasteiger partial charge on any atom is -0.310 e. The summed E-state index contributed by atoms with van der Waals surface area (Å²) in [7, 11) is 0. The van der Waals surface area contributed by atoms with Gasteiger partial charge in [-0.3, -0.25) is 0 Å². The highest BCUT2D eigenvalue weighted by molar-refractivity contribution is 5.91. The molecule has 314 valence electrons. The fraction of sp³-hybridized carbons (Fsp3) is 0.0769. The fourth-order valence-corrected chi connectivity index (χ4v) is 11.2. The summed E-state index contributed by atoms with van der Waals surface area (Å²) in [5.41, 5.74) is 24.8. The van der Waals surface area contributed by atoms with Crippen molar-refractivity contribution in [2.45, 2.75) is 31.6 Å². The van der Waals surface area contributed by atoms with E-state index in [1.54, 1.807) is 0 Å². The van der Waals surface area contributed by atoms with Crippen molar-refractivity contribution in [3.05, 3.63) is 270 Å². The number of rotatable bonds is 8. The Kier molecular flexibility index (Phi) is 9.36. The molecular formula is C65H49N. The first-order valence-electron chi connectivity index (χ1n) is 23.2. The molecule has 2 aliphatic rings. The predicted octanol–water partition coefficient (Wildman–Crippen LogP) is 17.5. The molecule has 1 heteroatoms. The Morgan fingerprint density at radius 3 is 1.36 bits per heavy atom. The van der Waals surface area contributed by atoms with Crippen LogP contribution in [-0.4, -0.2) is 0 Å². The highest BCUT2D eigenvalue weighted by atomic mass is 15.1. The lowest BCUT2D eigenvalue weighted by molar-refractivity contribution is 0.662. The Labute approximate surface area is 389 Å². The molecule has 0 saturated heterocycles. The molecule has 0 aromatic heterocycles. The zero-order chi connectivity index (χ0) is 44.4. The van der Waals surface area contributed by atoms with Gasteiger partial charge in [-0.25, -0.2) is 0 Å². The molecule has 10 aromatic rings. The molecule has 10 aromatic carbocycles. The molecule has 12 rings (SSSR count). The van der Waals surface area contributed by atoms with Gasteiger partial charge >= 0.3 is 0 Å². The van der Waals surface area contributed by atoms with Crippen molar-refractivity contribution >= 4 is 17.1 Å². The van der Waals surface area contributed by atoms with Crippen molar-refractivity contribution < 1.29 is 0 Å². The summed E-state index contributed by atoms with van der Waals surface area (Å²) in [6.07, 6.45) is 0. The summed E-state index contributed by atoms with van der Waals surface area (Å²) in [6, 6.07) is 89.5. The maximum atomic E-state index is 2.43. The number of benzene rings is 10. The van der Waals surface area contributed by atoms with E-state index >= 15 is 0 Å². The Morgan fingerprint density at radius 2 is 0.712 bits per heavy atom. The van der Waals surface area contributed by atoms with Gasteiger partial charge in [0.05, 0.1) is 0 Å². The topological polar surface area (TPSA) is 3.24 Å². The summed E-state index contributed by atoms with van der Waals surface area (Å²) in [6.45, 7) is 7.13. The zero-order valence-corrected chi connectivity index (χ0v) is 37.5. The minimum absolute atomic E-state index is 0.123. The van der Waals surface area contributed by atoms with E-state index in [4.69, 9.17) is 0 Å². The number of anilines is 3. The number of nitrogens with zero attached hydrogens (tertiary/aromatic N) is 1. The number of fused-ring (bicyclic) bond motifs is 6. The normalized spacial score (nSPS) is 15.1. The Bertz CT molecular complexity index is 3420. The van der Waals surface area contributed by atoms with Crippen LogP contribution in [0.5, 0.6) is 0 Å². The molecule has 66 heavy (non-hydrogen) atoms. The van der Waals surface area contributed by atoms with Crippen LogP contribution in [0.2, 0.25) is 0 Å². The van der Waals surface area contributed by atoms with Crippen LogP contribution in [-0.2, 0) is 10.8 Å². The van der Waals surface area contributed by atoms with E-state index in [0.717, 1.165) is 17.1 Å². The Hall–Kier alpha value is -8.00. The lowest BCUT2D eigenvalue weighted by atomic mass is 9.74. The van der Waals surface area contributed by atoms with Crippen LogP contribution in [0.1, 0.15) is 48.6 Å². The van der Waals surface area contributed by atoms with Crippen LogP contribution in [0.4, 0.5) is 17.1 Å². The highest BCUT2D eigenvalue weighted by Crippen LogP contribution is 2.54. The summed E-state index contributed by atoms with van der Waals surface area (Å²) >= 11 is 0. The van der Waals surface area contributed by atoms with Gasteiger partial charge in [0, 0.05) is 27.9 Å². The molecule has 0 aliphatic heterocycles. The van der Waals surface area contributed by atoms with Gasteiger partial charge in [-0.2, -0.15) is 0 Å². The molecule has 0 N–H and O–H groups in total. The second-order valence-corrected chi connectivity index (χ2v) is 18.6. The van der Waals surface area contributed by atoms with Crippen molar-refractivity contribution in [3.8, 4) is 66.8 Å². The van der Waals surface area contributed by atoms with Crippen LogP contribution >= 0.6 is 0 Å². The van der Waals surface area contributed by atoms with Crippen molar-refractivity contribution in [1.29, 1.82) is 0 Å². The van der Waals surface area contributed by atoms with Crippen LogP contribution < -0.4 is 4.90 Å². The molecule has 0 heterocycles. The minimum atomic E-state index is -0.252. The van der Waals surface area contributed by atoms with Gasteiger partial charge in [-0.1, -0.05) is 214 Å². The van der Waals surface area contributed by atoms with Gasteiger partial charge in [-0.15, -0.1) is 0 Å². The van der Waals surface area contributed by atoms with Crippen molar-refractivity contribution in [2.75, 3.05) is 4.90 Å². The van der Waals surface area contributed by atoms with Crippen LogP contribution in [0, 0.1) is 0 Å². The largest absolute Gasteiger partial charge is 0.310 e. The molecule has 2 aliphatic carbocycles. The monoisotopic (exact) mass is 843 g/mol. The number of hydrogen-bond donors (Lipinski definition) is 0. The molecule has 1 unspecified atom stereocenters. The standard InChI is InChI=1S/C65H49N/c1-64(2)60-26-12-10-23-57(60)59-25-15-24-55(63(59)64)50-18-14-21-54(42-50)66(52-37-32-47(33-38-52)46-30-28-45(29-31-46)44-16-6-4-7-17-44)53-39-34-48(35-40-53)49-36-41-58-56-22-11-13-27-61(56)65(3,62(58)43-49)51-19-8-5-9-20-51/h4-43H,1-3H3. The molecule has 1 atom stereocenters. The first-order chi connectivity index (χ1) is 32.4. The molecule has 0 radical (unpaired) electrons. The lowest BCUT2D eigenvalue weighted by Crippen LogP contribution is -2.22. The quantitative estimate of drug-likeness (QED) is 0.147. The second kappa shape index (κ2) is 15.6. The third-order valence-electron chi connectivity index (χ3n) is 14.6. The maximum Gasteiger partial charge on any atom is 0.0467 e. The van der Waals surface area contributed by atoms with E-state index in [-0.39, 0.29) is 10.8 Å². The third-order valence-corrected chi connectivity index (χ3v) is 14.6. The third kappa shape index (κ3) is 6.38. The Morgan fingerprint density at radius 1 is 0.273 bits per heavy atom. The summed E-state index contributed by atoms with van der Waals surface area (Å²) in [4.78, 5) is 2.41. The first kappa shape index (κ1) is 39.6. The zero-order valence-electron chi connectivity index (χ0n) is 37.5. The predicted molar refractivity (Wildman–Crippen MR) is 278 cm³/mol. The molecule has 0 bridgehead atoms. The van der Waals surface area contributed by atoms with Gasteiger partial charge < -0.3 is 4.90 Å². The van der Waals surface area contributed by atoms with Crippen molar-refractivity contribution in [1.82, 2.24) is 0 Å². The van der Waals surface area contributed by atoms with E-state index in [1.165, 1.54) is 94.6 Å². The summed E-state index contributed by atoms with van der Waals surface area (Å²) < 4.78 is 0. The smallest absolute Gasteiger partial charge is 0.0467 e. The molecule has 0 saturated carbocycles. The van der Waals surface area contributed by atoms with E-state index in [0.29, 0.717) is 0 Å². The lowest BCUT2D eigenvalue weighted by Gasteiger charge is -2.29. The van der Waals surface area contributed by atoms with E-state index < -0.39 is 0 Å². The molecule has 0 amide bonds. The average Bonchev–Trinajstić information content (AvgIpc) is 3.79. The van der Waals surface area contributed by atoms with E-state index in [1.807, 2.05) is 0 Å². The highest BCUT2D eigenvalue weighted by Gasteiger charge is 2.41. The first-order valence-corrected chi connectivity index (χ1v) is 23.2. The van der Waals surface area contributed by atoms with Crippen LogP contribution in [0.15, 0.2) is 243 Å². The van der Waals surface area contributed by atoms with Crippen LogP contribution in [0.3, 0.4) is 0 Å². The van der Waals surface area contributed by atoms with Gasteiger partial charge in [-0.05, 0) is 144 Å². The van der Waals surface area contributed by atoms with Gasteiger partial charge in [0.15, 0.2) is 0 Å². The van der Waals surface area contributed by atoms with Crippen molar-refractivity contribution in [2.24, 2.45) is 0 Å². The number of hydrogen-bond acceptors (Lipinski definition) is 1. The van der Waals surface area contributed by atoms with Crippen molar-refractivity contribution in [3.63, 3.8) is 0 Å². The fourth-order valence-electron chi connectivity index (χ4n) is 11.2. The van der Waals surface area contributed by atoms with Crippen LogP contribution in [0.25, 0.3) is 66.8 Å². The van der Waals surface area contributed by atoms with Gasteiger partial charge in [0.1, 0.15) is 0 Å². The molecular weight excluding hydrogens is 795 g/mol.